The van der Waals surface area contributed by atoms with Gasteiger partial charge in [0.2, 0.25) is 15.9 Å². The molecule has 0 unspecified atom stereocenters. The lowest BCUT2D eigenvalue weighted by Crippen LogP contribution is -2.52. The zero-order valence-electron chi connectivity index (χ0n) is 15.0. The van der Waals surface area contributed by atoms with Gasteiger partial charge in [0.25, 0.3) is 0 Å². The van der Waals surface area contributed by atoms with Crippen LogP contribution in [0.2, 0.25) is 0 Å². The second-order valence-electron chi connectivity index (χ2n) is 6.46. The van der Waals surface area contributed by atoms with Crippen molar-refractivity contribution in [2.75, 3.05) is 30.4 Å². The summed E-state index contributed by atoms with van der Waals surface area (Å²) in [6, 6.07) is 11.6. The molecule has 28 heavy (non-hydrogen) atoms. The first-order chi connectivity index (χ1) is 13.3. The van der Waals surface area contributed by atoms with E-state index in [9.17, 15) is 13.2 Å². The molecule has 0 radical (unpaired) electrons. The van der Waals surface area contributed by atoms with Crippen molar-refractivity contribution in [3.63, 3.8) is 0 Å². The molecule has 1 aliphatic heterocycles. The molecule has 4 rings (SSSR count). The summed E-state index contributed by atoms with van der Waals surface area (Å²) >= 11 is 1.57. The number of carbonyl (C=O) groups excluding carboxylic acids is 1. The molecule has 0 aliphatic carbocycles. The van der Waals surface area contributed by atoms with E-state index in [0.29, 0.717) is 18.8 Å². The van der Waals surface area contributed by atoms with Gasteiger partial charge in [-0.2, -0.15) is 0 Å². The molecule has 10 heteroatoms. The molecule has 0 spiro atoms. The zero-order chi connectivity index (χ0) is 19.9. The Morgan fingerprint density at radius 2 is 1.96 bits per heavy atom. The van der Waals surface area contributed by atoms with Gasteiger partial charge >= 0.3 is 0 Å². The van der Waals surface area contributed by atoms with E-state index in [2.05, 4.69) is 15.2 Å². The van der Waals surface area contributed by atoms with E-state index in [-0.39, 0.29) is 16.7 Å². The van der Waals surface area contributed by atoms with E-state index in [1.54, 1.807) is 18.4 Å². The van der Waals surface area contributed by atoms with E-state index < -0.39 is 10.0 Å². The molecule has 0 saturated carbocycles. The number of nitrogens with zero attached hydrogens (tertiary/aromatic N) is 2. The Kier molecular flexibility index (Phi) is 4.69. The van der Waals surface area contributed by atoms with Crippen LogP contribution in [0.1, 0.15) is 0 Å². The number of amides is 1. The van der Waals surface area contributed by atoms with Crippen LogP contribution in [-0.2, 0) is 14.8 Å². The third-order valence-electron chi connectivity index (χ3n) is 4.56. The molecular formula is C18H18N4O4S2. The van der Waals surface area contributed by atoms with Crippen LogP contribution in [0.25, 0.3) is 10.2 Å². The predicted molar refractivity (Wildman–Crippen MR) is 108 cm³/mol. The number of sulfonamides is 1. The molecule has 1 saturated heterocycles. The highest BCUT2D eigenvalue weighted by Gasteiger charge is 2.34. The number of benzene rings is 2. The number of aromatic nitrogens is 1. The Labute approximate surface area is 166 Å². The molecule has 1 fully saturated rings. The first-order valence-electron chi connectivity index (χ1n) is 8.47. The number of nitrogens with one attached hydrogen (secondary N) is 1. The number of rotatable bonds is 5. The molecule has 1 aliphatic rings. The second-order valence-corrected chi connectivity index (χ2v) is 9.03. The molecule has 2 heterocycles. The summed E-state index contributed by atoms with van der Waals surface area (Å²) in [7, 11) is -2.13. The minimum absolute atomic E-state index is 0.00609. The largest absolute Gasteiger partial charge is 0.494 e. The van der Waals surface area contributed by atoms with Crippen molar-refractivity contribution in [2.45, 2.75) is 4.90 Å². The fraction of sp³-hybridized carbons (Fsp3) is 0.222. The summed E-state index contributed by atoms with van der Waals surface area (Å²) in [5.74, 6) is 0.461. The predicted octanol–water partition coefficient (Wildman–Crippen LogP) is 2.03. The van der Waals surface area contributed by atoms with Gasteiger partial charge in [-0.05, 0) is 36.4 Å². The number of carbonyl (C=O) groups is 1. The van der Waals surface area contributed by atoms with Gasteiger partial charge in [0.1, 0.15) is 11.3 Å². The highest BCUT2D eigenvalue weighted by atomic mass is 32.2. The van der Waals surface area contributed by atoms with Crippen molar-refractivity contribution in [1.29, 1.82) is 0 Å². The first-order valence-corrected chi connectivity index (χ1v) is 10.8. The van der Waals surface area contributed by atoms with Crippen LogP contribution in [-0.4, -0.2) is 39.5 Å². The van der Waals surface area contributed by atoms with Gasteiger partial charge < -0.3 is 15.0 Å². The zero-order valence-corrected chi connectivity index (χ0v) is 16.6. The van der Waals surface area contributed by atoms with Crippen LogP contribution >= 0.6 is 11.3 Å². The lowest BCUT2D eigenvalue weighted by atomic mass is 10.00. The molecule has 2 aromatic carbocycles. The summed E-state index contributed by atoms with van der Waals surface area (Å²) in [6.07, 6.45) is 0. The van der Waals surface area contributed by atoms with Crippen molar-refractivity contribution in [3.8, 4) is 5.75 Å². The van der Waals surface area contributed by atoms with Crippen LogP contribution in [0.15, 0.2) is 47.4 Å². The number of para-hydroxylation sites is 1. The Balaban J connectivity index is 1.39. The SMILES string of the molecule is COc1cccc2sc(N3CC(C(=O)Nc4ccc(S(N)(=O)=O)cc4)C3)nc12. The second kappa shape index (κ2) is 7.04. The molecule has 3 aromatic rings. The lowest BCUT2D eigenvalue weighted by Gasteiger charge is -2.37. The molecule has 0 atom stereocenters. The number of hydrogen-bond acceptors (Lipinski definition) is 7. The molecular weight excluding hydrogens is 400 g/mol. The molecule has 146 valence electrons. The lowest BCUT2D eigenvalue weighted by molar-refractivity contribution is -0.120. The van der Waals surface area contributed by atoms with Crippen LogP contribution in [0.3, 0.4) is 0 Å². The van der Waals surface area contributed by atoms with Gasteiger partial charge in [0.05, 0.1) is 22.6 Å². The van der Waals surface area contributed by atoms with Gasteiger partial charge in [0.15, 0.2) is 5.13 Å². The highest BCUT2D eigenvalue weighted by molar-refractivity contribution is 7.89. The quantitative estimate of drug-likeness (QED) is 0.655. The third-order valence-corrected chi connectivity index (χ3v) is 6.57. The topological polar surface area (TPSA) is 115 Å². The van der Waals surface area contributed by atoms with E-state index in [0.717, 1.165) is 21.1 Å². The van der Waals surface area contributed by atoms with Gasteiger partial charge in [0, 0.05) is 18.8 Å². The van der Waals surface area contributed by atoms with Gasteiger partial charge in [-0.1, -0.05) is 17.4 Å². The van der Waals surface area contributed by atoms with Crippen LogP contribution in [0.5, 0.6) is 5.75 Å². The van der Waals surface area contributed by atoms with Crippen molar-refractivity contribution in [3.05, 3.63) is 42.5 Å². The maximum atomic E-state index is 12.4. The number of primary sulfonamides is 1. The number of thiazole rings is 1. The number of nitrogens with two attached hydrogens (primary N) is 1. The maximum Gasteiger partial charge on any atom is 0.238 e. The van der Waals surface area contributed by atoms with Gasteiger partial charge in [-0.25, -0.2) is 18.5 Å². The summed E-state index contributed by atoms with van der Waals surface area (Å²) in [4.78, 5) is 19.1. The van der Waals surface area contributed by atoms with Crippen molar-refractivity contribution < 1.29 is 17.9 Å². The summed E-state index contributed by atoms with van der Waals surface area (Å²) < 4.78 is 28.9. The summed E-state index contributed by atoms with van der Waals surface area (Å²) in [6.45, 7) is 1.15. The van der Waals surface area contributed by atoms with Crippen LogP contribution in [0, 0.1) is 5.92 Å². The van der Waals surface area contributed by atoms with Crippen molar-refractivity contribution in [2.24, 2.45) is 11.1 Å². The van der Waals surface area contributed by atoms with Gasteiger partial charge in [-0.3, -0.25) is 4.79 Å². The smallest absolute Gasteiger partial charge is 0.238 e. The Bertz CT molecular complexity index is 1140. The Morgan fingerprint density at radius 1 is 1.25 bits per heavy atom. The van der Waals surface area contributed by atoms with Crippen molar-refractivity contribution >= 4 is 48.3 Å². The Hall–Kier alpha value is -2.69. The minimum Gasteiger partial charge on any atom is -0.494 e. The molecule has 1 aromatic heterocycles. The average molecular weight is 419 g/mol. The maximum absolute atomic E-state index is 12.4. The normalized spacial score (nSPS) is 14.7. The van der Waals surface area contributed by atoms with E-state index in [1.807, 2.05) is 18.2 Å². The van der Waals surface area contributed by atoms with Crippen LogP contribution in [0.4, 0.5) is 10.8 Å². The van der Waals surface area contributed by atoms with E-state index >= 15 is 0 Å². The van der Waals surface area contributed by atoms with Gasteiger partial charge in [-0.15, -0.1) is 0 Å². The fourth-order valence-electron chi connectivity index (χ4n) is 2.98. The van der Waals surface area contributed by atoms with E-state index in [4.69, 9.17) is 9.88 Å². The standard InChI is InChI=1S/C18H18N4O4S2/c1-26-14-3-2-4-15-16(14)21-18(27-15)22-9-11(10-22)17(23)20-12-5-7-13(8-6-12)28(19,24)25/h2-8,11H,9-10H2,1H3,(H,20,23)(H2,19,24,25). The fourth-order valence-corrected chi connectivity index (χ4v) is 4.50. The number of fused-ring (bicyclic) bond motifs is 1. The Morgan fingerprint density at radius 3 is 2.61 bits per heavy atom. The summed E-state index contributed by atoms with van der Waals surface area (Å²) in [5.41, 5.74) is 1.36. The molecule has 8 nitrogen and oxygen atoms in total. The van der Waals surface area contributed by atoms with E-state index in [1.165, 1.54) is 24.3 Å². The molecule has 1 amide bonds. The number of methoxy groups -OCH3 is 1. The third kappa shape index (κ3) is 3.53. The van der Waals surface area contributed by atoms with Crippen LogP contribution < -0.4 is 20.1 Å². The monoisotopic (exact) mass is 418 g/mol. The number of ether oxygens (including phenoxy) is 1. The summed E-state index contributed by atoms with van der Waals surface area (Å²) in [5, 5.41) is 8.73. The highest BCUT2D eigenvalue weighted by Crippen LogP contribution is 2.36. The number of hydrogen-bond donors (Lipinski definition) is 2. The molecule has 3 N–H and O–H groups in total. The minimum atomic E-state index is -3.75. The van der Waals surface area contributed by atoms with Crippen molar-refractivity contribution in [1.82, 2.24) is 4.98 Å². The molecule has 0 bridgehead atoms. The number of anilines is 2. The first kappa shape index (κ1) is 18.7. The average Bonchev–Trinajstić information content (AvgIpc) is 3.03.